The van der Waals surface area contributed by atoms with E-state index in [1.165, 1.54) is 13.5 Å². The molecule has 19 heavy (non-hydrogen) atoms. The van der Waals surface area contributed by atoms with Crippen molar-refractivity contribution in [3.05, 3.63) is 0 Å². The number of hydrogen-bond acceptors (Lipinski definition) is 4. The van der Waals surface area contributed by atoms with Crippen LogP contribution in [-0.4, -0.2) is 49.7 Å². The fraction of sp³-hybridized carbons (Fsp3) is 0.933. The summed E-state index contributed by atoms with van der Waals surface area (Å²) in [5.41, 5.74) is -0.445. The minimum atomic E-state index is -0.445. The van der Waals surface area contributed by atoms with Crippen LogP contribution < -0.4 is 5.32 Å². The summed E-state index contributed by atoms with van der Waals surface area (Å²) in [5.74, 6) is 0.507. The van der Waals surface area contributed by atoms with Gasteiger partial charge in [-0.15, -0.1) is 0 Å². The highest BCUT2D eigenvalue weighted by Crippen LogP contribution is 2.33. The second kappa shape index (κ2) is 7.85. The zero-order valence-electron chi connectivity index (χ0n) is 13.0. The Morgan fingerprint density at radius 3 is 2.63 bits per heavy atom. The summed E-state index contributed by atoms with van der Waals surface area (Å²) >= 11 is 0. The van der Waals surface area contributed by atoms with Gasteiger partial charge in [0, 0.05) is 13.1 Å². The van der Waals surface area contributed by atoms with E-state index >= 15 is 0 Å². The molecule has 0 bridgehead atoms. The van der Waals surface area contributed by atoms with E-state index in [1.807, 2.05) is 0 Å². The van der Waals surface area contributed by atoms with Crippen molar-refractivity contribution in [1.82, 2.24) is 10.2 Å². The maximum Gasteiger partial charge on any atom is 0.326 e. The summed E-state index contributed by atoms with van der Waals surface area (Å²) in [5, 5.41) is 3.50. The molecule has 4 nitrogen and oxygen atoms in total. The van der Waals surface area contributed by atoms with Gasteiger partial charge in [-0.2, -0.15) is 0 Å². The average molecular weight is 270 g/mol. The number of esters is 1. The third kappa shape index (κ3) is 4.46. The van der Waals surface area contributed by atoms with Gasteiger partial charge in [-0.25, -0.2) is 0 Å². The van der Waals surface area contributed by atoms with Gasteiger partial charge in [0.1, 0.15) is 5.54 Å². The van der Waals surface area contributed by atoms with Crippen LogP contribution in [0.25, 0.3) is 0 Å². The van der Waals surface area contributed by atoms with Crippen LogP contribution >= 0.6 is 0 Å². The molecule has 0 aliphatic heterocycles. The first-order valence-electron chi connectivity index (χ1n) is 7.63. The van der Waals surface area contributed by atoms with E-state index in [0.717, 1.165) is 45.4 Å². The summed E-state index contributed by atoms with van der Waals surface area (Å²) in [6.45, 7) is 10.5. The summed E-state index contributed by atoms with van der Waals surface area (Å²) in [6, 6.07) is 0. The first kappa shape index (κ1) is 16.4. The van der Waals surface area contributed by atoms with Crippen molar-refractivity contribution in [2.45, 2.75) is 52.0 Å². The fourth-order valence-corrected chi connectivity index (χ4v) is 3.16. The van der Waals surface area contributed by atoms with E-state index in [9.17, 15) is 4.79 Å². The zero-order valence-corrected chi connectivity index (χ0v) is 13.0. The quantitative estimate of drug-likeness (QED) is 0.719. The van der Waals surface area contributed by atoms with Crippen molar-refractivity contribution < 1.29 is 9.53 Å². The minimum absolute atomic E-state index is 0.0846. The molecule has 0 aromatic rings. The number of methoxy groups -OCH3 is 1. The third-order valence-electron chi connectivity index (χ3n) is 4.36. The fourth-order valence-electron chi connectivity index (χ4n) is 3.16. The van der Waals surface area contributed by atoms with Gasteiger partial charge in [-0.3, -0.25) is 4.79 Å². The second-order valence-electron chi connectivity index (χ2n) is 5.73. The number of likely N-dealkylation sites (N-methyl/N-ethyl adjacent to an activating group) is 1. The molecule has 1 fully saturated rings. The van der Waals surface area contributed by atoms with Crippen LogP contribution in [0.4, 0.5) is 0 Å². The standard InChI is InChI=1S/C15H30N2O2/c1-5-17(6-2)11-10-16-15(14(18)19-4)9-7-8-13(3)12-15/h13,16H,5-12H2,1-4H3. The Hall–Kier alpha value is -0.610. The maximum absolute atomic E-state index is 12.2. The Morgan fingerprint density at radius 1 is 1.42 bits per heavy atom. The second-order valence-corrected chi connectivity index (χ2v) is 5.73. The Morgan fingerprint density at radius 2 is 2.11 bits per heavy atom. The SMILES string of the molecule is CCN(CC)CCNC1(C(=O)OC)CCCC(C)C1. The van der Waals surface area contributed by atoms with Crippen LogP contribution in [0, 0.1) is 5.92 Å². The zero-order chi connectivity index (χ0) is 14.3. The van der Waals surface area contributed by atoms with Crippen LogP contribution in [0.5, 0.6) is 0 Å². The molecule has 0 amide bonds. The van der Waals surface area contributed by atoms with E-state index in [4.69, 9.17) is 4.74 Å². The van der Waals surface area contributed by atoms with Gasteiger partial charge in [0.25, 0.3) is 0 Å². The van der Waals surface area contributed by atoms with Crippen LogP contribution in [0.15, 0.2) is 0 Å². The van der Waals surface area contributed by atoms with Gasteiger partial charge >= 0.3 is 5.97 Å². The Bertz CT molecular complexity index is 279. The smallest absolute Gasteiger partial charge is 0.326 e. The Kier molecular flexibility index (Phi) is 6.80. The number of carbonyl (C=O) groups is 1. The summed E-state index contributed by atoms with van der Waals surface area (Å²) in [4.78, 5) is 14.5. The molecule has 0 spiro atoms. The van der Waals surface area contributed by atoms with E-state index in [-0.39, 0.29) is 5.97 Å². The van der Waals surface area contributed by atoms with Crippen molar-refractivity contribution in [3.63, 3.8) is 0 Å². The van der Waals surface area contributed by atoms with E-state index in [1.54, 1.807) is 0 Å². The molecular weight excluding hydrogens is 240 g/mol. The largest absolute Gasteiger partial charge is 0.468 e. The molecule has 0 aromatic carbocycles. The number of nitrogens with zero attached hydrogens (tertiary/aromatic N) is 1. The molecule has 0 heterocycles. The molecule has 4 heteroatoms. The number of ether oxygens (including phenoxy) is 1. The lowest BCUT2D eigenvalue weighted by Gasteiger charge is -2.38. The summed E-state index contributed by atoms with van der Waals surface area (Å²) in [7, 11) is 1.50. The summed E-state index contributed by atoms with van der Waals surface area (Å²) in [6.07, 6.45) is 4.13. The molecule has 2 atom stereocenters. The van der Waals surface area contributed by atoms with Crippen LogP contribution in [0.1, 0.15) is 46.5 Å². The highest BCUT2D eigenvalue weighted by molar-refractivity contribution is 5.80. The van der Waals surface area contributed by atoms with Crippen LogP contribution in [0.2, 0.25) is 0 Å². The lowest BCUT2D eigenvalue weighted by atomic mass is 9.76. The van der Waals surface area contributed by atoms with Crippen LogP contribution in [-0.2, 0) is 9.53 Å². The topological polar surface area (TPSA) is 41.6 Å². The predicted molar refractivity (Wildman–Crippen MR) is 78.2 cm³/mol. The summed E-state index contributed by atoms with van der Waals surface area (Å²) < 4.78 is 5.04. The molecule has 1 aliphatic carbocycles. The predicted octanol–water partition coefficient (Wildman–Crippen LogP) is 2.04. The first-order chi connectivity index (χ1) is 9.07. The maximum atomic E-state index is 12.2. The van der Waals surface area contributed by atoms with Crippen molar-refractivity contribution in [2.75, 3.05) is 33.3 Å². The molecule has 1 saturated carbocycles. The van der Waals surface area contributed by atoms with Crippen LogP contribution in [0.3, 0.4) is 0 Å². The van der Waals surface area contributed by atoms with Crippen molar-refractivity contribution in [1.29, 1.82) is 0 Å². The first-order valence-corrected chi connectivity index (χ1v) is 7.63. The number of carbonyl (C=O) groups excluding carboxylic acids is 1. The minimum Gasteiger partial charge on any atom is -0.468 e. The highest BCUT2D eigenvalue weighted by atomic mass is 16.5. The Balaban J connectivity index is 2.57. The number of nitrogens with one attached hydrogen (secondary N) is 1. The molecule has 1 N–H and O–H groups in total. The van der Waals surface area contributed by atoms with Gasteiger partial charge in [0.2, 0.25) is 0 Å². The monoisotopic (exact) mass is 270 g/mol. The molecule has 0 radical (unpaired) electrons. The molecule has 0 saturated heterocycles. The lowest BCUT2D eigenvalue weighted by molar-refractivity contribution is -0.151. The van der Waals surface area contributed by atoms with Gasteiger partial charge in [0.05, 0.1) is 7.11 Å². The van der Waals surface area contributed by atoms with Gasteiger partial charge < -0.3 is 15.0 Å². The highest BCUT2D eigenvalue weighted by Gasteiger charge is 2.42. The van der Waals surface area contributed by atoms with E-state index < -0.39 is 5.54 Å². The Labute approximate surface area is 117 Å². The van der Waals surface area contributed by atoms with Crippen molar-refractivity contribution in [3.8, 4) is 0 Å². The number of rotatable bonds is 7. The molecule has 1 rings (SSSR count). The normalized spacial score (nSPS) is 27.5. The van der Waals surface area contributed by atoms with Crippen molar-refractivity contribution in [2.24, 2.45) is 5.92 Å². The van der Waals surface area contributed by atoms with Gasteiger partial charge in [0.15, 0.2) is 0 Å². The molecule has 1 aliphatic rings. The van der Waals surface area contributed by atoms with E-state index in [0.29, 0.717) is 5.92 Å². The van der Waals surface area contributed by atoms with Crippen molar-refractivity contribution >= 4 is 5.97 Å². The lowest BCUT2D eigenvalue weighted by Crippen LogP contribution is -2.56. The third-order valence-corrected chi connectivity index (χ3v) is 4.36. The van der Waals surface area contributed by atoms with E-state index in [2.05, 4.69) is 31.0 Å². The molecular formula is C15H30N2O2. The van der Waals surface area contributed by atoms with Gasteiger partial charge in [-0.1, -0.05) is 33.6 Å². The molecule has 112 valence electrons. The van der Waals surface area contributed by atoms with Gasteiger partial charge in [-0.05, 0) is 31.8 Å². The molecule has 0 aromatic heterocycles. The molecule has 2 unspecified atom stereocenters. The number of hydrogen-bond donors (Lipinski definition) is 1. The average Bonchev–Trinajstić information content (AvgIpc) is 2.42.